The summed E-state index contributed by atoms with van der Waals surface area (Å²) in [5.74, 6) is 0.744. The highest BCUT2D eigenvalue weighted by Gasteiger charge is 2.42. The third-order valence-corrected chi connectivity index (χ3v) is 5.43. The molecule has 2 rings (SSSR count). The second kappa shape index (κ2) is 7.98. The summed E-state index contributed by atoms with van der Waals surface area (Å²) in [6.07, 6.45) is 9.49. The topological polar surface area (TPSA) is 12.0 Å². The van der Waals surface area contributed by atoms with Crippen LogP contribution >= 0.6 is 0 Å². The molecule has 1 aliphatic carbocycles. The smallest absolute Gasteiger partial charge is 0.0189 e. The lowest BCUT2D eigenvalue weighted by atomic mass is 9.61. The Kier molecular flexibility index (Phi) is 6.29. The lowest BCUT2D eigenvalue weighted by molar-refractivity contribution is 0.164. The molecule has 2 atom stereocenters. The number of likely N-dealkylation sites (N-methyl/N-ethyl adjacent to an activating group) is 1. The van der Waals surface area contributed by atoms with Crippen molar-refractivity contribution in [1.82, 2.24) is 5.32 Å². The van der Waals surface area contributed by atoms with Gasteiger partial charge >= 0.3 is 0 Å². The third-order valence-electron chi connectivity index (χ3n) is 5.43. The van der Waals surface area contributed by atoms with Crippen LogP contribution in [0.3, 0.4) is 0 Å². The van der Waals surface area contributed by atoms with Gasteiger partial charge in [-0.15, -0.1) is 0 Å². The highest BCUT2D eigenvalue weighted by atomic mass is 14.9. The maximum absolute atomic E-state index is 3.88. The van der Waals surface area contributed by atoms with Crippen molar-refractivity contribution in [2.75, 3.05) is 6.54 Å². The Morgan fingerprint density at radius 1 is 1.05 bits per heavy atom. The fourth-order valence-corrected chi connectivity index (χ4v) is 4.52. The van der Waals surface area contributed by atoms with Gasteiger partial charge in [-0.1, -0.05) is 76.8 Å². The van der Waals surface area contributed by atoms with E-state index in [0.29, 0.717) is 11.5 Å². The summed E-state index contributed by atoms with van der Waals surface area (Å²) in [5.41, 5.74) is 1.92. The summed E-state index contributed by atoms with van der Waals surface area (Å²) < 4.78 is 0. The molecule has 1 saturated carbocycles. The minimum absolute atomic E-state index is 0.351. The predicted octanol–water partition coefficient (Wildman–Crippen LogP) is 5.30. The van der Waals surface area contributed by atoms with Crippen molar-refractivity contribution < 1.29 is 0 Å². The van der Waals surface area contributed by atoms with Crippen LogP contribution in [0.5, 0.6) is 0 Å². The number of nitrogens with one attached hydrogen (secondary N) is 1. The molecular weight excluding hydrogens is 254 g/mol. The van der Waals surface area contributed by atoms with Gasteiger partial charge in [0.2, 0.25) is 0 Å². The lowest BCUT2D eigenvalue weighted by Gasteiger charge is -2.47. The fourth-order valence-electron chi connectivity index (χ4n) is 4.52. The molecule has 1 fully saturated rings. The molecule has 0 saturated heterocycles. The van der Waals surface area contributed by atoms with E-state index in [9.17, 15) is 0 Å². The van der Waals surface area contributed by atoms with Crippen LogP contribution in [-0.4, -0.2) is 12.6 Å². The number of benzene rings is 1. The fraction of sp³-hybridized carbons (Fsp3) is 0.700. The molecule has 0 amide bonds. The van der Waals surface area contributed by atoms with Gasteiger partial charge in [-0.2, -0.15) is 0 Å². The molecule has 1 nitrogen and oxygen atoms in total. The Morgan fingerprint density at radius 3 is 2.29 bits per heavy atom. The molecule has 21 heavy (non-hydrogen) atoms. The standard InChI is InChI=1S/C20H33N/c1-4-12-17(3)19(21-5-2)20(15-10-7-11-16-20)18-13-8-6-9-14-18/h6,8-9,13-14,17,19,21H,4-5,7,10-12,15-16H2,1-3H3. The molecule has 118 valence electrons. The molecule has 2 unspecified atom stereocenters. The van der Waals surface area contributed by atoms with Gasteiger partial charge < -0.3 is 5.32 Å². The first-order chi connectivity index (χ1) is 10.2. The molecule has 0 spiro atoms. The number of hydrogen-bond donors (Lipinski definition) is 1. The van der Waals surface area contributed by atoms with Crippen LogP contribution in [0.15, 0.2) is 30.3 Å². The molecule has 1 N–H and O–H groups in total. The van der Waals surface area contributed by atoms with E-state index < -0.39 is 0 Å². The van der Waals surface area contributed by atoms with Gasteiger partial charge in [-0.05, 0) is 37.3 Å². The molecular formula is C20H33N. The van der Waals surface area contributed by atoms with Crippen molar-refractivity contribution in [2.45, 2.75) is 77.2 Å². The van der Waals surface area contributed by atoms with Gasteiger partial charge in [0.25, 0.3) is 0 Å². The first kappa shape index (κ1) is 16.5. The van der Waals surface area contributed by atoms with Gasteiger partial charge in [0.05, 0.1) is 0 Å². The number of hydrogen-bond acceptors (Lipinski definition) is 1. The Morgan fingerprint density at radius 2 is 1.71 bits per heavy atom. The van der Waals surface area contributed by atoms with Gasteiger partial charge in [0, 0.05) is 11.5 Å². The predicted molar refractivity (Wildman–Crippen MR) is 92.7 cm³/mol. The molecule has 0 heterocycles. The summed E-state index contributed by atoms with van der Waals surface area (Å²) in [4.78, 5) is 0. The maximum atomic E-state index is 3.88. The van der Waals surface area contributed by atoms with E-state index in [2.05, 4.69) is 56.4 Å². The molecule has 0 radical (unpaired) electrons. The molecule has 0 aromatic heterocycles. The molecule has 1 aliphatic rings. The SMILES string of the molecule is CCCC(C)C(NCC)C1(c2ccccc2)CCCCC1. The zero-order valence-corrected chi connectivity index (χ0v) is 14.2. The van der Waals surface area contributed by atoms with E-state index in [1.165, 1.54) is 44.9 Å². The van der Waals surface area contributed by atoms with E-state index in [1.54, 1.807) is 5.56 Å². The second-order valence-corrected chi connectivity index (χ2v) is 6.88. The van der Waals surface area contributed by atoms with Crippen LogP contribution in [-0.2, 0) is 5.41 Å². The zero-order valence-electron chi connectivity index (χ0n) is 14.2. The summed E-state index contributed by atoms with van der Waals surface area (Å²) in [5, 5.41) is 3.88. The maximum Gasteiger partial charge on any atom is 0.0189 e. The van der Waals surface area contributed by atoms with Gasteiger partial charge in [-0.25, -0.2) is 0 Å². The van der Waals surface area contributed by atoms with Crippen molar-refractivity contribution in [3.63, 3.8) is 0 Å². The average Bonchev–Trinajstić information content (AvgIpc) is 2.54. The monoisotopic (exact) mass is 287 g/mol. The van der Waals surface area contributed by atoms with Crippen molar-refractivity contribution in [3.8, 4) is 0 Å². The van der Waals surface area contributed by atoms with Crippen LogP contribution in [0.1, 0.15) is 71.3 Å². The average molecular weight is 287 g/mol. The molecule has 0 bridgehead atoms. The third kappa shape index (κ3) is 3.69. The van der Waals surface area contributed by atoms with Crippen LogP contribution in [0, 0.1) is 5.92 Å². The Labute approximate surface area is 131 Å². The van der Waals surface area contributed by atoms with Crippen LogP contribution in [0.4, 0.5) is 0 Å². The summed E-state index contributed by atoms with van der Waals surface area (Å²) in [6, 6.07) is 11.9. The van der Waals surface area contributed by atoms with Crippen LogP contribution in [0.2, 0.25) is 0 Å². The Balaban J connectivity index is 2.36. The Bertz CT molecular complexity index is 392. The Hall–Kier alpha value is -0.820. The first-order valence-electron chi connectivity index (χ1n) is 9.03. The minimum Gasteiger partial charge on any atom is -0.313 e. The molecule has 0 aliphatic heterocycles. The van der Waals surface area contributed by atoms with E-state index in [1.807, 2.05) is 0 Å². The number of rotatable bonds is 7. The van der Waals surface area contributed by atoms with Gasteiger partial charge in [0.1, 0.15) is 0 Å². The van der Waals surface area contributed by atoms with E-state index in [4.69, 9.17) is 0 Å². The van der Waals surface area contributed by atoms with E-state index >= 15 is 0 Å². The van der Waals surface area contributed by atoms with E-state index in [-0.39, 0.29) is 0 Å². The van der Waals surface area contributed by atoms with Crippen molar-refractivity contribution in [1.29, 1.82) is 0 Å². The molecule has 1 heteroatoms. The second-order valence-electron chi connectivity index (χ2n) is 6.88. The van der Waals surface area contributed by atoms with Crippen molar-refractivity contribution >= 4 is 0 Å². The first-order valence-corrected chi connectivity index (χ1v) is 9.03. The van der Waals surface area contributed by atoms with Crippen molar-refractivity contribution in [2.24, 2.45) is 5.92 Å². The normalized spacial score (nSPS) is 20.9. The highest BCUT2D eigenvalue weighted by Crippen LogP contribution is 2.44. The van der Waals surface area contributed by atoms with Crippen LogP contribution in [0.25, 0.3) is 0 Å². The van der Waals surface area contributed by atoms with Crippen LogP contribution < -0.4 is 5.32 Å². The zero-order chi connectivity index (χ0) is 15.1. The van der Waals surface area contributed by atoms with Gasteiger partial charge in [0.15, 0.2) is 0 Å². The quantitative estimate of drug-likeness (QED) is 0.717. The van der Waals surface area contributed by atoms with Gasteiger partial charge in [-0.3, -0.25) is 0 Å². The lowest BCUT2D eigenvalue weighted by Crippen LogP contribution is -2.53. The minimum atomic E-state index is 0.351. The summed E-state index contributed by atoms with van der Waals surface area (Å²) in [6.45, 7) is 8.10. The summed E-state index contributed by atoms with van der Waals surface area (Å²) in [7, 11) is 0. The molecule has 1 aromatic rings. The largest absolute Gasteiger partial charge is 0.313 e. The molecule has 1 aromatic carbocycles. The van der Waals surface area contributed by atoms with E-state index in [0.717, 1.165) is 12.5 Å². The van der Waals surface area contributed by atoms with Crippen molar-refractivity contribution in [3.05, 3.63) is 35.9 Å². The summed E-state index contributed by atoms with van der Waals surface area (Å²) >= 11 is 0. The highest BCUT2D eigenvalue weighted by molar-refractivity contribution is 5.29.